The van der Waals surface area contributed by atoms with E-state index in [1.54, 1.807) is 36.4 Å². The molecular weight excluding hydrogens is 278 g/mol. The molecule has 102 valence electrons. The molecule has 0 bridgehead atoms. The van der Waals surface area contributed by atoms with Crippen LogP contribution in [0, 0.1) is 11.3 Å². The largest absolute Gasteiger partial charge is 0.497 e. The van der Waals surface area contributed by atoms with Gasteiger partial charge in [0, 0.05) is 16.7 Å². The molecule has 0 aliphatic heterocycles. The van der Waals surface area contributed by atoms with Crippen molar-refractivity contribution in [2.24, 2.45) is 0 Å². The number of nitrogens with zero attached hydrogens (tertiary/aromatic N) is 1. The van der Waals surface area contributed by atoms with E-state index < -0.39 is 0 Å². The molecular formula is C15H12ClNO3. The maximum atomic E-state index is 9.34. The molecule has 1 N–H and O–H groups in total. The van der Waals surface area contributed by atoms with Crippen LogP contribution in [-0.2, 0) is 6.61 Å². The molecule has 0 aromatic heterocycles. The molecule has 0 atom stereocenters. The monoisotopic (exact) mass is 289 g/mol. The number of rotatable bonds is 4. The van der Waals surface area contributed by atoms with Crippen LogP contribution in [0.4, 0.5) is 0 Å². The molecule has 2 aromatic rings. The SMILES string of the molecule is COc1cc(C#N)cc(Oc2cccc(Cl)c2CO)c1. The Hall–Kier alpha value is -2.22. The van der Waals surface area contributed by atoms with Crippen LogP contribution < -0.4 is 9.47 Å². The fourth-order valence-electron chi connectivity index (χ4n) is 1.73. The first-order valence-corrected chi connectivity index (χ1v) is 6.21. The van der Waals surface area contributed by atoms with Crippen molar-refractivity contribution >= 4 is 11.6 Å². The lowest BCUT2D eigenvalue weighted by Gasteiger charge is -2.12. The standard InChI is InChI=1S/C15H12ClNO3/c1-19-11-5-10(8-17)6-12(7-11)20-15-4-2-3-14(16)13(15)9-18/h2-7,18H,9H2,1H3. The van der Waals surface area contributed by atoms with Gasteiger partial charge in [0.15, 0.2) is 0 Å². The van der Waals surface area contributed by atoms with Crippen LogP contribution in [0.1, 0.15) is 11.1 Å². The maximum absolute atomic E-state index is 9.34. The van der Waals surface area contributed by atoms with Gasteiger partial charge in [-0.1, -0.05) is 17.7 Å². The van der Waals surface area contributed by atoms with Crippen LogP contribution in [0.25, 0.3) is 0 Å². The second kappa shape index (κ2) is 6.29. The van der Waals surface area contributed by atoms with Crippen molar-refractivity contribution in [2.45, 2.75) is 6.61 Å². The van der Waals surface area contributed by atoms with E-state index in [0.29, 0.717) is 33.4 Å². The van der Waals surface area contributed by atoms with Gasteiger partial charge >= 0.3 is 0 Å². The van der Waals surface area contributed by atoms with Gasteiger partial charge < -0.3 is 14.6 Å². The maximum Gasteiger partial charge on any atom is 0.134 e. The van der Waals surface area contributed by atoms with Crippen molar-refractivity contribution in [3.8, 4) is 23.3 Å². The van der Waals surface area contributed by atoms with E-state index in [4.69, 9.17) is 26.3 Å². The Balaban J connectivity index is 2.40. The first kappa shape index (κ1) is 14.2. The molecule has 0 saturated carbocycles. The number of ether oxygens (including phenoxy) is 2. The minimum atomic E-state index is -0.232. The highest BCUT2D eigenvalue weighted by Crippen LogP contribution is 2.32. The van der Waals surface area contributed by atoms with Crippen LogP contribution in [0.15, 0.2) is 36.4 Å². The Kier molecular flexibility index (Phi) is 4.46. The summed E-state index contributed by atoms with van der Waals surface area (Å²) in [4.78, 5) is 0. The third-order valence-electron chi connectivity index (χ3n) is 2.71. The Morgan fingerprint density at radius 3 is 2.65 bits per heavy atom. The minimum absolute atomic E-state index is 0.232. The molecule has 0 unspecified atom stereocenters. The van der Waals surface area contributed by atoms with Gasteiger partial charge in [0.05, 0.1) is 25.3 Å². The van der Waals surface area contributed by atoms with E-state index in [0.717, 1.165) is 0 Å². The smallest absolute Gasteiger partial charge is 0.134 e. The second-order valence-corrected chi connectivity index (χ2v) is 4.39. The first-order chi connectivity index (χ1) is 9.67. The summed E-state index contributed by atoms with van der Waals surface area (Å²) in [6.07, 6.45) is 0. The van der Waals surface area contributed by atoms with Gasteiger partial charge in [-0.2, -0.15) is 5.26 Å². The highest BCUT2D eigenvalue weighted by molar-refractivity contribution is 6.31. The van der Waals surface area contributed by atoms with Crippen LogP contribution >= 0.6 is 11.6 Å². The van der Waals surface area contributed by atoms with Gasteiger partial charge in [0.2, 0.25) is 0 Å². The number of methoxy groups -OCH3 is 1. The fraction of sp³-hybridized carbons (Fsp3) is 0.133. The van der Waals surface area contributed by atoms with Crippen molar-refractivity contribution in [1.82, 2.24) is 0 Å². The van der Waals surface area contributed by atoms with Crippen LogP contribution in [-0.4, -0.2) is 12.2 Å². The molecule has 2 rings (SSSR count). The molecule has 0 radical (unpaired) electrons. The summed E-state index contributed by atoms with van der Waals surface area (Å²) in [6.45, 7) is -0.232. The Morgan fingerprint density at radius 1 is 1.25 bits per heavy atom. The van der Waals surface area contributed by atoms with E-state index in [1.807, 2.05) is 6.07 Å². The molecule has 0 fully saturated rings. The van der Waals surface area contributed by atoms with Crippen LogP contribution in [0.5, 0.6) is 17.2 Å². The van der Waals surface area contributed by atoms with E-state index in [-0.39, 0.29) is 6.61 Å². The fourth-order valence-corrected chi connectivity index (χ4v) is 1.95. The lowest BCUT2D eigenvalue weighted by atomic mass is 10.2. The Morgan fingerprint density at radius 2 is 2.00 bits per heavy atom. The van der Waals surface area contributed by atoms with Gasteiger partial charge in [0.1, 0.15) is 17.2 Å². The normalized spacial score (nSPS) is 9.90. The summed E-state index contributed by atoms with van der Waals surface area (Å²) in [5, 5.41) is 18.7. The Bertz CT molecular complexity index is 665. The van der Waals surface area contributed by atoms with Gasteiger partial charge in [-0.15, -0.1) is 0 Å². The predicted octanol–water partition coefficient (Wildman–Crippen LogP) is 3.50. The molecule has 0 aliphatic rings. The Labute approximate surface area is 121 Å². The summed E-state index contributed by atoms with van der Waals surface area (Å²) < 4.78 is 10.8. The zero-order chi connectivity index (χ0) is 14.5. The number of aliphatic hydroxyl groups excluding tert-OH is 1. The summed E-state index contributed by atoms with van der Waals surface area (Å²) in [5.41, 5.74) is 0.919. The van der Waals surface area contributed by atoms with E-state index in [2.05, 4.69) is 0 Å². The minimum Gasteiger partial charge on any atom is -0.497 e. The van der Waals surface area contributed by atoms with Crippen molar-refractivity contribution < 1.29 is 14.6 Å². The highest BCUT2D eigenvalue weighted by Gasteiger charge is 2.09. The van der Waals surface area contributed by atoms with Crippen molar-refractivity contribution in [3.63, 3.8) is 0 Å². The van der Waals surface area contributed by atoms with E-state index >= 15 is 0 Å². The van der Waals surface area contributed by atoms with Crippen molar-refractivity contribution in [1.29, 1.82) is 5.26 Å². The number of hydrogen-bond acceptors (Lipinski definition) is 4. The van der Waals surface area contributed by atoms with Crippen molar-refractivity contribution in [3.05, 3.63) is 52.5 Å². The molecule has 0 aliphatic carbocycles. The molecule has 5 heteroatoms. The lowest BCUT2D eigenvalue weighted by molar-refractivity contribution is 0.276. The topological polar surface area (TPSA) is 62.5 Å². The van der Waals surface area contributed by atoms with Crippen LogP contribution in [0.3, 0.4) is 0 Å². The number of benzene rings is 2. The zero-order valence-electron chi connectivity index (χ0n) is 10.8. The third kappa shape index (κ3) is 3.02. The first-order valence-electron chi connectivity index (χ1n) is 5.83. The lowest BCUT2D eigenvalue weighted by Crippen LogP contribution is -1.94. The second-order valence-electron chi connectivity index (χ2n) is 3.99. The quantitative estimate of drug-likeness (QED) is 0.935. The molecule has 0 saturated heterocycles. The molecule has 4 nitrogen and oxygen atoms in total. The van der Waals surface area contributed by atoms with E-state index in [9.17, 15) is 5.11 Å². The molecule has 20 heavy (non-hydrogen) atoms. The van der Waals surface area contributed by atoms with E-state index in [1.165, 1.54) is 7.11 Å². The third-order valence-corrected chi connectivity index (χ3v) is 3.06. The average Bonchev–Trinajstić information content (AvgIpc) is 2.47. The highest BCUT2D eigenvalue weighted by atomic mass is 35.5. The molecule has 0 spiro atoms. The summed E-state index contributed by atoms with van der Waals surface area (Å²) >= 11 is 6.00. The number of halogens is 1. The van der Waals surface area contributed by atoms with Gasteiger partial charge in [-0.05, 0) is 24.3 Å². The van der Waals surface area contributed by atoms with Gasteiger partial charge in [-0.25, -0.2) is 0 Å². The summed E-state index contributed by atoms with van der Waals surface area (Å²) in [7, 11) is 1.51. The number of nitriles is 1. The van der Waals surface area contributed by atoms with Crippen LogP contribution in [0.2, 0.25) is 5.02 Å². The zero-order valence-corrected chi connectivity index (χ0v) is 11.5. The summed E-state index contributed by atoms with van der Waals surface area (Å²) in [6, 6.07) is 12.0. The van der Waals surface area contributed by atoms with Gasteiger partial charge in [0.25, 0.3) is 0 Å². The average molecular weight is 290 g/mol. The predicted molar refractivity (Wildman–Crippen MR) is 75.2 cm³/mol. The number of aliphatic hydroxyl groups is 1. The molecule has 0 amide bonds. The molecule has 0 heterocycles. The molecule has 2 aromatic carbocycles. The van der Waals surface area contributed by atoms with Crippen molar-refractivity contribution in [2.75, 3.05) is 7.11 Å². The van der Waals surface area contributed by atoms with Gasteiger partial charge in [-0.3, -0.25) is 0 Å². The summed E-state index contributed by atoms with van der Waals surface area (Å²) in [5.74, 6) is 1.40. The number of hydrogen-bond donors (Lipinski definition) is 1.